The standard InChI is InChI=1S/C15H19NO2/c1-12-9-14(18-15(12)10-16)11-17-8-7-13-5-3-2-4-6-13/h2-6,9H,7-8,10-11,16H2,1H3. The van der Waals surface area contributed by atoms with Gasteiger partial charge in [-0.25, -0.2) is 0 Å². The van der Waals surface area contributed by atoms with Gasteiger partial charge in [-0.05, 0) is 30.5 Å². The minimum Gasteiger partial charge on any atom is -0.462 e. The molecule has 0 saturated heterocycles. The third kappa shape index (κ3) is 3.45. The van der Waals surface area contributed by atoms with Crippen molar-refractivity contribution in [1.82, 2.24) is 0 Å². The first-order chi connectivity index (χ1) is 8.79. The van der Waals surface area contributed by atoms with Crippen LogP contribution in [-0.2, 0) is 24.3 Å². The van der Waals surface area contributed by atoms with Crippen LogP contribution in [0, 0.1) is 6.92 Å². The van der Waals surface area contributed by atoms with Gasteiger partial charge in [0.1, 0.15) is 18.1 Å². The molecule has 0 saturated carbocycles. The fraction of sp³-hybridized carbons (Fsp3) is 0.333. The molecule has 3 nitrogen and oxygen atoms in total. The quantitative estimate of drug-likeness (QED) is 0.796. The van der Waals surface area contributed by atoms with Crippen molar-refractivity contribution in [2.45, 2.75) is 26.5 Å². The van der Waals surface area contributed by atoms with E-state index in [1.54, 1.807) is 0 Å². The maximum absolute atomic E-state index is 5.60. The molecule has 1 aromatic heterocycles. The summed E-state index contributed by atoms with van der Waals surface area (Å²) in [5, 5.41) is 0. The van der Waals surface area contributed by atoms with E-state index in [1.807, 2.05) is 31.2 Å². The van der Waals surface area contributed by atoms with E-state index in [9.17, 15) is 0 Å². The van der Waals surface area contributed by atoms with Crippen molar-refractivity contribution < 1.29 is 9.15 Å². The lowest BCUT2D eigenvalue weighted by Gasteiger charge is -2.02. The lowest BCUT2D eigenvalue weighted by atomic mass is 10.2. The van der Waals surface area contributed by atoms with Gasteiger partial charge in [0, 0.05) is 0 Å². The van der Waals surface area contributed by atoms with Crippen LogP contribution in [0.5, 0.6) is 0 Å². The van der Waals surface area contributed by atoms with Crippen LogP contribution < -0.4 is 5.73 Å². The Morgan fingerprint density at radius 3 is 2.67 bits per heavy atom. The first-order valence-electron chi connectivity index (χ1n) is 6.19. The monoisotopic (exact) mass is 245 g/mol. The Labute approximate surface area is 108 Å². The van der Waals surface area contributed by atoms with Gasteiger partial charge >= 0.3 is 0 Å². The summed E-state index contributed by atoms with van der Waals surface area (Å²) in [4.78, 5) is 0. The molecule has 0 aliphatic heterocycles. The van der Waals surface area contributed by atoms with Crippen molar-refractivity contribution >= 4 is 0 Å². The first-order valence-corrected chi connectivity index (χ1v) is 6.19. The van der Waals surface area contributed by atoms with Crippen molar-refractivity contribution in [2.75, 3.05) is 6.61 Å². The normalized spacial score (nSPS) is 10.8. The molecule has 1 aromatic carbocycles. The summed E-state index contributed by atoms with van der Waals surface area (Å²) >= 11 is 0. The van der Waals surface area contributed by atoms with E-state index in [0.29, 0.717) is 19.8 Å². The highest BCUT2D eigenvalue weighted by molar-refractivity contribution is 5.19. The minimum absolute atomic E-state index is 0.440. The van der Waals surface area contributed by atoms with Gasteiger partial charge in [-0.15, -0.1) is 0 Å². The zero-order valence-electron chi connectivity index (χ0n) is 10.7. The fourth-order valence-corrected chi connectivity index (χ4v) is 1.87. The van der Waals surface area contributed by atoms with Crippen LogP contribution in [0.1, 0.15) is 22.6 Å². The second-order valence-electron chi connectivity index (χ2n) is 4.31. The second kappa shape index (κ2) is 6.38. The van der Waals surface area contributed by atoms with E-state index in [4.69, 9.17) is 14.9 Å². The third-order valence-corrected chi connectivity index (χ3v) is 2.88. The Balaban J connectivity index is 1.75. The molecule has 0 amide bonds. The van der Waals surface area contributed by atoms with E-state index in [2.05, 4.69) is 12.1 Å². The van der Waals surface area contributed by atoms with Crippen LogP contribution >= 0.6 is 0 Å². The molecule has 2 N–H and O–H groups in total. The van der Waals surface area contributed by atoms with Crippen molar-refractivity contribution in [3.05, 3.63) is 59.0 Å². The number of hydrogen-bond donors (Lipinski definition) is 1. The summed E-state index contributed by atoms with van der Waals surface area (Å²) in [6, 6.07) is 12.3. The molecule has 0 spiro atoms. The van der Waals surface area contributed by atoms with Gasteiger partial charge in [0.05, 0.1) is 13.2 Å². The molecule has 0 fully saturated rings. The van der Waals surface area contributed by atoms with Gasteiger partial charge in [0.25, 0.3) is 0 Å². The highest BCUT2D eigenvalue weighted by Gasteiger charge is 2.05. The zero-order valence-corrected chi connectivity index (χ0v) is 10.7. The summed E-state index contributed by atoms with van der Waals surface area (Å²) in [6.45, 7) is 3.64. The summed E-state index contributed by atoms with van der Waals surface area (Å²) in [7, 11) is 0. The van der Waals surface area contributed by atoms with Gasteiger partial charge < -0.3 is 14.9 Å². The highest BCUT2D eigenvalue weighted by Crippen LogP contribution is 2.14. The number of hydrogen-bond acceptors (Lipinski definition) is 3. The second-order valence-corrected chi connectivity index (χ2v) is 4.31. The zero-order chi connectivity index (χ0) is 12.8. The third-order valence-electron chi connectivity index (χ3n) is 2.88. The fourth-order valence-electron chi connectivity index (χ4n) is 1.87. The molecule has 0 unspecified atom stereocenters. The summed E-state index contributed by atoms with van der Waals surface area (Å²) in [6.07, 6.45) is 0.921. The Morgan fingerprint density at radius 2 is 2.00 bits per heavy atom. The van der Waals surface area contributed by atoms with Crippen LogP contribution in [0.4, 0.5) is 0 Å². The molecule has 3 heteroatoms. The van der Waals surface area contributed by atoms with E-state index in [-0.39, 0.29) is 0 Å². The number of nitrogens with two attached hydrogens (primary N) is 1. The number of ether oxygens (including phenoxy) is 1. The van der Waals surface area contributed by atoms with Crippen LogP contribution in [0.2, 0.25) is 0 Å². The van der Waals surface area contributed by atoms with Gasteiger partial charge in [-0.3, -0.25) is 0 Å². The van der Waals surface area contributed by atoms with Gasteiger partial charge in [-0.2, -0.15) is 0 Å². The molecule has 0 aliphatic rings. The lowest BCUT2D eigenvalue weighted by Crippen LogP contribution is -1.98. The molecule has 18 heavy (non-hydrogen) atoms. The van der Waals surface area contributed by atoms with Crippen LogP contribution in [-0.4, -0.2) is 6.61 Å². The van der Waals surface area contributed by atoms with Crippen LogP contribution in [0.3, 0.4) is 0 Å². The highest BCUT2D eigenvalue weighted by atomic mass is 16.5. The van der Waals surface area contributed by atoms with Gasteiger partial charge in [0.2, 0.25) is 0 Å². The average molecular weight is 245 g/mol. The van der Waals surface area contributed by atoms with Crippen molar-refractivity contribution in [3.8, 4) is 0 Å². The Bertz CT molecular complexity index is 476. The first kappa shape index (κ1) is 12.9. The van der Waals surface area contributed by atoms with E-state index >= 15 is 0 Å². The Morgan fingerprint density at radius 1 is 1.22 bits per heavy atom. The number of benzene rings is 1. The molecule has 1 heterocycles. The predicted molar refractivity (Wildman–Crippen MR) is 71.1 cm³/mol. The lowest BCUT2D eigenvalue weighted by molar-refractivity contribution is 0.108. The molecule has 2 rings (SSSR count). The molecule has 96 valence electrons. The summed E-state index contributed by atoms with van der Waals surface area (Å²) in [5.41, 5.74) is 7.94. The van der Waals surface area contributed by atoms with E-state index in [0.717, 1.165) is 23.5 Å². The Kier molecular flexibility index (Phi) is 4.56. The van der Waals surface area contributed by atoms with Crippen molar-refractivity contribution in [3.63, 3.8) is 0 Å². The van der Waals surface area contributed by atoms with Crippen molar-refractivity contribution in [1.29, 1.82) is 0 Å². The number of furan rings is 1. The largest absolute Gasteiger partial charge is 0.462 e. The van der Waals surface area contributed by atoms with E-state index < -0.39 is 0 Å². The summed E-state index contributed by atoms with van der Waals surface area (Å²) in [5.74, 6) is 1.69. The average Bonchev–Trinajstić information content (AvgIpc) is 2.76. The molecule has 0 bridgehead atoms. The molecular formula is C15H19NO2. The summed E-state index contributed by atoms with van der Waals surface area (Å²) < 4.78 is 11.2. The number of aryl methyl sites for hydroxylation is 1. The minimum atomic E-state index is 0.440. The topological polar surface area (TPSA) is 48.4 Å². The van der Waals surface area contributed by atoms with Crippen molar-refractivity contribution in [2.24, 2.45) is 5.73 Å². The van der Waals surface area contributed by atoms with Crippen LogP contribution in [0.25, 0.3) is 0 Å². The molecule has 2 aromatic rings. The number of rotatable bonds is 6. The molecular weight excluding hydrogens is 226 g/mol. The van der Waals surface area contributed by atoms with E-state index in [1.165, 1.54) is 5.56 Å². The maximum atomic E-state index is 5.60. The van der Waals surface area contributed by atoms with Crippen LogP contribution in [0.15, 0.2) is 40.8 Å². The molecule has 0 atom stereocenters. The molecule has 0 radical (unpaired) electrons. The predicted octanol–water partition coefficient (Wildman–Crippen LogP) is 2.81. The molecule has 0 aliphatic carbocycles. The Hall–Kier alpha value is -1.58. The SMILES string of the molecule is Cc1cc(COCCc2ccccc2)oc1CN. The van der Waals surface area contributed by atoms with Gasteiger partial charge in [-0.1, -0.05) is 30.3 Å². The van der Waals surface area contributed by atoms with Gasteiger partial charge in [0.15, 0.2) is 0 Å². The smallest absolute Gasteiger partial charge is 0.130 e. The maximum Gasteiger partial charge on any atom is 0.130 e.